The predicted molar refractivity (Wildman–Crippen MR) is 73.1 cm³/mol. The lowest BCUT2D eigenvalue weighted by Gasteiger charge is -2.13. The first-order valence-corrected chi connectivity index (χ1v) is 7.25. The molecule has 1 amide bonds. The number of hydrogen-bond donors (Lipinski definition) is 2. The monoisotopic (exact) mass is 294 g/mol. The van der Waals surface area contributed by atoms with Gasteiger partial charge in [0.15, 0.2) is 0 Å². The Hall–Kier alpha value is -2.20. The minimum absolute atomic E-state index is 0.0765. The lowest BCUT2D eigenvalue weighted by atomic mass is 10.1. The van der Waals surface area contributed by atoms with Crippen LogP contribution in [0.15, 0.2) is 24.3 Å². The van der Waals surface area contributed by atoms with Crippen LogP contribution in [-0.4, -0.2) is 33.0 Å². The molecule has 0 spiro atoms. The number of nitriles is 1. The van der Waals surface area contributed by atoms with E-state index in [-0.39, 0.29) is 11.5 Å². The molecule has 0 aliphatic carbocycles. The van der Waals surface area contributed by atoms with Crippen LogP contribution in [0.1, 0.15) is 18.1 Å². The number of benzene rings is 1. The maximum absolute atomic E-state index is 12.0. The highest BCUT2D eigenvalue weighted by Crippen LogP contribution is 2.10. The number of carboxylic acids is 1. The van der Waals surface area contributed by atoms with Crippen LogP contribution >= 0.6 is 0 Å². The Labute approximate surface area is 118 Å². The summed E-state index contributed by atoms with van der Waals surface area (Å²) in [5.74, 6) is -1.85. The van der Waals surface area contributed by atoms with Crippen molar-refractivity contribution in [3.05, 3.63) is 35.4 Å². The van der Waals surface area contributed by atoms with Crippen LogP contribution in [0.3, 0.4) is 0 Å². The van der Waals surface area contributed by atoms with E-state index in [1.54, 1.807) is 24.3 Å². The maximum atomic E-state index is 12.0. The zero-order valence-corrected chi connectivity index (χ0v) is 11.6. The number of carboxylic acid groups (broad SMARTS) is 1. The van der Waals surface area contributed by atoms with Crippen molar-refractivity contribution in [2.75, 3.05) is 5.75 Å². The highest BCUT2D eigenvalue weighted by atomic mass is 32.2. The first kappa shape index (κ1) is 15.9. The molecule has 0 bridgehead atoms. The van der Waals surface area contributed by atoms with Crippen LogP contribution in [0, 0.1) is 11.3 Å². The number of rotatable bonds is 6. The third-order valence-electron chi connectivity index (χ3n) is 2.48. The molecule has 0 aliphatic heterocycles. The summed E-state index contributed by atoms with van der Waals surface area (Å²) in [4.78, 5) is 21.8. The molecule has 20 heavy (non-hydrogen) atoms. The molecule has 2 atom stereocenters. The SMILES string of the molecule is CC(=O)NC(CS(=O)Cc1ccccc1C#N)C(=O)O. The topological polar surface area (TPSA) is 107 Å². The van der Waals surface area contributed by atoms with Crippen molar-refractivity contribution in [3.63, 3.8) is 0 Å². The second-order valence-corrected chi connectivity index (χ2v) is 5.61. The highest BCUT2D eigenvalue weighted by Gasteiger charge is 2.21. The van der Waals surface area contributed by atoms with E-state index < -0.39 is 28.7 Å². The molecule has 1 aromatic carbocycles. The highest BCUT2D eigenvalue weighted by molar-refractivity contribution is 7.84. The van der Waals surface area contributed by atoms with Crippen LogP contribution in [0.5, 0.6) is 0 Å². The Morgan fingerprint density at radius 2 is 2.10 bits per heavy atom. The van der Waals surface area contributed by atoms with Crippen LogP contribution in [0.25, 0.3) is 0 Å². The van der Waals surface area contributed by atoms with E-state index in [9.17, 15) is 13.8 Å². The van der Waals surface area contributed by atoms with Crippen LogP contribution in [0.4, 0.5) is 0 Å². The molecule has 2 unspecified atom stereocenters. The summed E-state index contributed by atoms with van der Waals surface area (Å²) in [6.07, 6.45) is 0. The Kier molecular flexibility index (Phi) is 5.87. The van der Waals surface area contributed by atoms with Crippen molar-refractivity contribution < 1.29 is 18.9 Å². The molecular weight excluding hydrogens is 280 g/mol. The molecule has 0 aromatic heterocycles. The molecule has 0 saturated carbocycles. The van der Waals surface area contributed by atoms with E-state index in [0.717, 1.165) is 0 Å². The molecule has 6 nitrogen and oxygen atoms in total. The average molecular weight is 294 g/mol. The first-order valence-electron chi connectivity index (χ1n) is 5.77. The zero-order chi connectivity index (χ0) is 15.1. The summed E-state index contributed by atoms with van der Waals surface area (Å²) in [6.45, 7) is 1.20. The molecule has 0 saturated heterocycles. The van der Waals surface area contributed by atoms with Gasteiger partial charge in [0.1, 0.15) is 6.04 Å². The largest absolute Gasteiger partial charge is 0.480 e. The van der Waals surface area contributed by atoms with Crippen molar-refractivity contribution >= 4 is 22.7 Å². The van der Waals surface area contributed by atoms with Gasteiger partial charge in [-0.1, -0.05) is 18.2 Å². The van der Waals surface area contributed by atoms with Gasteiger partial charge in [-0.25, -0.2) is 4.79 Å². The second kappa shape index (κ2) is 7.40. The van der Waals surface area contributed by atoms with E-state index in [1.807, 2.05) is 6.07 Å². The van der Waals surface area contributed by atoms with Crippen molar-refractivity contribution in [1.82, 2.24) is 5.32 Å². The second-order valence-electron chi connectivity index (χ2n) is 4.11. The third kappa shape index (κ3) is 4.82. The van der Waals surface area contributed by atoms with E-state index in [1.165, 1.54) is 6.92 Å². The van der Waals surface area contributed by atoms with Crippen molar-refractivity contribution in [2.24, 2.45) is 0 Å². The molecule has 7 heteroatoms. The Balaban J connectivity index is 2.73. The smallest absolute Gasteiger partial charge is 0.327 e. The van der Waals surface area contributed by atoms with Crippen LogP contribution in [0.2, 0.25) is 0 Å². The summed E-state index contributed by atoms with van der Waals surface area (Å²) < 4.78 is 12.0. The summed E-state index contributed by atoms with van der Waals surface area (Å²) in [6, 6.07) is 7.49. The van der Waals surface area contributed by atoms with Crippen molar-refractivity contribution in [3.8, 4) is 6.07 Å². The molecule has 0 heterocycles. The first-order chi connectivity index (χ1) is 9.43. The van der Waals surface area contributed by atoms with Gasteiger partial charge in [-0.15, -0.1) is 0 Å². The molecule has 0 aliphatic rings. The predicted octanol–water partition coefficient (Wildman–Crippen LogP) is 0.396. The molecule has 2 N–H and O–H groups in total. The van der Waals surface area contributed by atoms with Crippen molar-refractivity contribution in [1.29, 1.82) is 5.26 Å². The molecule has 0 fully saturated rings. The van der Waals surface area contributed by atoms with Gasteiger partial charge in [0.2, 0.25) is 5.91 Å². The summed E-state index contributed by atoms with van der Waals surface area (Å²) in [5, 5.41) is 20.1. The van der Waals surface area contributed by atoms with Gasteiger partial charge >= 0.3 is 5.97 Å². The fourth-order valence-electron chi connectivity index (χ4n) is 1.59. The Morgan fingerprint density at radius 1 is 1.45 bits per heavy atom. The lowest BCUT2D eigenvalue weighted by Crippen LogP contribution is -2.43. The van der Waals surface area contributed by atoms with Crippen LogP contribution in [-0.2, 0) is 26.1 Å². The number of aliphatic carboxylic acids is 1. The molecule has 1 rings (SSSR count). The van der Waals surface area contributed by atoms with Crippen molar-refractivity contribution in [2.45, 2.75) is 18.7 Å². The number of carbonyl (C=O) groups excluding carboxylic acids is 1. The maximum Gasteiger partial charge on any atom is 0.327 e. The number of amides is 1. The number of nitrogens with zero attached hydrogens (tertiary/aromatic N) is 1. The molecule has 1 aromatic rings. The quantitative estimate of drug-likeness (QED) is 0.789. The van der Waals surface area contributed by atoms with Gasteiger partial charge in [-0.2, -0.15) is 5.26 Å². The minimum Gasteiger partial charge on any atom is -0.480 e. The standard InChI is InChI=1S/C13H14N2O4S/c1-9(16)15-12(13(17)18)8-20(19)7-11-5-3-2-4-10(11)6-14/h2-5,12H,7-8H2,1H3,(H,15,16)(H,17,18). The van der Waals surface area contributed by atoms with E-state index >= 15 is 0 Å². The third-order valence-corrected chi connectivity index (χ3v) is 3.82. The van der Waals surface area contributed by atoms with Gasteiger partial charge in [-0.05, 0) is 11.6 Å². The Bertz CT molecular complexity index is 580. The normalized spacial score (nSPS) is 13.0. The molecular formula is C13H14N2O4S. The fourth-order valence-corrected chi connectivity index (χ4v) is 2.91. The zero-order valence-electron chi connectivity index (χ0n) is 10.8. The summed E-state index contributed by atoms with van der Waals surface area (Å²) in [5.41, 5.74) is 1.01. The Morgan fingerprint density at radius 3 is 2.65 bits per heavy atom. The van der Waals surface area contributed by atoms with Gasteiger partial charge in [-0.3, -0.25) is 9.00 Å². The van der Waals surface area contributed by atoms with E-state index in [2.05, 4.69) is 5.32 Å². The van der Waals surface area contributed by atoms with E-state index in [4.69, 9.17) is 10.4 Å². The van der Waals surface area contributed by atoms with Gasteiger partial charge in [0.25, 0.3) is 0 Å². The van der Waals surface area contributed by atoms with Gasteiger partial charge in [0.05, 0.1) is 17.4 Å². The molecule has 0 radical (unpaired) electrons. The summed E-state index contributed by atoms with van der Waals surface area (Å²) in [7, 11) is -1.50. The van der Waals surface area contributed by atoms with Crippen LogP contribution < -0.4 is 5.32 Å². The molecule has 106 valence electrons. The number of nitrogens with one attached hydrogen (secondary N) is 1. The number of hydrogen-bond acceptors (Lipinski definition) is 4. The minimum atomic E-state index is -1.50. The number of carbonyl (C=O) groups is 2. The lowest BCUT2D eigenvalue weighted by molar-refractivity contribution is -0.140. The fraction of sp³-hybridized carbons (Fsp3) is 0.308. The van der Waals surface area contributed by atoms with Gasteiger partial charge in [0, 0.05) is 23.5 Å². The summed E-state index contributed by atoms with van der Waals surface area (Å²) >= 11 is 0. The van der Waals surface area contributed by atoms with E-state index in [0.29, 0.717) is 11.1 Å². The van der Waals surface area contributed by atoms with Gasteiger partial charge < -0.3 is 10.4 Å². The average Bonchev–Trinajstić information content (AvgIpc) is 2.37.